The Morgan fingerprint density at radius 1 is 1.06 bits per heavy atom. The first-order valence-corrected chi connectivity index (χ1v) is 12.3. The van der Waals surface area contributed by atoms with Crippen LogP contribution in [0.15, 0.2) is 11.4 Å². The fourth-order valence-corrected chi connectivity index (χ4v) is 5.06. The Kier molecular flexibility index (Phi) is 6.86. The molecule has 4 heterocycles. The number of nitrogens with zero attached hydrogens (tertiary/aromatic N) is 6. The lowest BCUT2D eigenvalue weighted by Gasteiger charge is -2.39. The minimum absolute atomic E-state index is 0.161. The number of anilines is 1. The lowest BCUT2D eigenvalue weighted by molar-refractivity contribution is -0.137. The summed E-state index contributed by atoms with van der Waals surface area (Å²) in [6.07, 6.45) is 1.90. The fraction of sp³-hybridized carbons (Fsp3) is 0.652. The molecule has 0 aliphatic carbocycles. The first-order valence-electron chi connectivity index (χ1n) is 11.4. The van der Waals surface area contributed by atoms with Crippen LogP contribution >= 0.6 is 11.3 Å². The number of piperidine rings is 1. The van der Waals surface area contributed by atoms with Gasteiger partial charge in [-0.25, -0.2) is 15.0 Å². The van der Waals surface area contributed by atoms with Crippen molar-refractivity contribution >= 4 is 23.1 Å². The fourth-order valence-electron chi connectivity index (χ4n) is 4.46. The zero-order chi connectivity index (χ0) is 22.0. The van der Waals surface area contributed by atoms with Gasteiger partial charge in [0.1, 0.15) is 11.6 Å². The summed E-state index contributed by atoms with van der Waals surface area (Å²) in [5.74, 6) is 2.70. The molecule has 2 fully saturated rings. The van der Waals surface area contributed by atoms with Crippen molar-refractivity contribution in [3.05, 3.63) is 33.7 Å². The summed E-state index contributed by atoms with van der Waals surface area (Å²) in [5, 5.41) is 3.27. The van der Waals surface area contributed by atoms with Gasteiger partial charge in [-0.05, 0) is 39.8 Å². The molecule has 0 bridgehead atoms. The van der Waals surface area contributed by atoms with E-state index in [0.717, 1.165) is 86.7 Å². The molecule has 0 saturated carbocycles. The lowest BCUT2D eigenvalue weighted by Crippen LogP contribution is -2.51. The van der Waals surface area contributed by atoms with Crippen LogP contribution in [0.2, 0.25) is 0 Å². The van der Waals surface area contributed by atoms with Gasteiger partial charge in [0.25, 0.3) is 0 Å². The maximum Gasteiger partial charge on any atom is 0.225 e. The molecule has 0 N–H and O–H groups in total. The standard InChI is InChI=1S/C23H34N6OS/c1-16(2)22-24-17(3)13-21(26-22)28-9-11-29(12-10-28)23(30)19-5-7-27(8-6-19)14-20-15-31-18(4)25-20/h13,15-16,19H,5-12,14H2,1-4H3. The Hall–Kier alpha value is -2.06. The van der Waals surface area contributed by atoms with Crippen molar-refractivity contribution in [2.45, 2.75) is 53.0 Å². The Balaban J connectivity index is 1.27. The highest BCUT2D eigenvalue weighted by molar-refractivity contribution is 7.09. The molecule has 0 unspecified atom stereocenters. The summed E-state index contributed by atoms with van der Waals surface area (Å²) >= 11 is 1.71. The zero-order valence-electron chi connectivity index (χ0n) is 19.2. The molecule has 2 aromatic heterocycles. The summed E-state index contributed by atoms with van der Waals surface area (Å²) < 4.78 is 0. The van der Waals surface area contributed by atoms with Gasteiger partial charge in [0.05, 0.1) is 10.7 Å². The predicted octanol–water partition coefficient (Wildman–Crippen LogP) is 3.23. The average molecular weight is 443 g/mol. The molecule has 0 aromatic carbocycles. The van der Waals surface area contributed by atoms with E-state index >= 15 is 0 Å². The van der Waals surface area contributed by atoms with Crippen LogP contribution in [0.1, 0.15) is 54.8 Å². The first-order chi connectivity index (χ1) is 14.9. The second kappa shape index (κ2) is 9.61. The van der Waals surface area contributed by atoms with Crippen molar-refractivity contribution in [3.8, 4) is 0 Å². The van der Waals surface area contributed by atoms with Gasteiger partial charge in [0, 0.05) is 61.7 Å². The summed E-state index contributed by atoms with van der Waals surface area (Å²) in [6, 6.07) is 2.06. The van der Waals surface area contributed by atoms with Gasteiger partial charge in [-0.2, -0.15) is 0 Å². The molecule has 8 heteroatoms. The monoisotopic (exact) mass is 442 g/mol. The quantitative estimate of drug-likeness (QED) is 0.708. The van der Waals surface area contributed by atoms with Crippen molar-refractivity contribution in [2.75, 3.05) is 44.2 Å². The number of aryl methyl sites for hydroxylation is 2. The van der Waals surface area contributed by atoms with Gasteiger partial charge in [-0.1, -0.05) is 13.8 Å². The molecule has 2 aliphatic heterocycles. The second-order valence-electron chi connectivity index (χ2n) is 9.10. The predicted molar refractivity (Wildman–Crippen MR) is 125 cm³/mol. The third kappa shape index (κ3) is 5.41. The lowest BCUT2D eigenvalue weighted by atomic mass is 9.95. The number of likely N-dealkylation sites (tertiary alicyclic amines) is 1. The maximum atomic E-state index is 13.1. The van der Waals surface area contributed by atoms with E-state index in [1.165, 1.54) is 0 Å². The highest BCUT2D eigenvalue weighted by Crippen LogP contribution is 2.24. The van der Waals surface area contributed by atoms with Crippen molar-refractivity contribution < 1.29 is 4.79 Å². The second-order valence-corrected chi connectivity index (χ2v) is 10.2. The van der Waals surface area contributed by atoms with Gasteiger partial charge in [-0.3, -0.25) is 9.69 Å². The van der Waals surface area contributed by atoms with Crippen LogP contribution in [-0.2, 0) is 11.3 Å². The highest BCUT2D eigenvalue weighted by atomic mass is 32.1. The van der Waals surface area contributed by atoms with Crippen molar-refractivity contribution in [1.29, 1.82) is 0 Å². The minimum Gasteiger partial charge on any atom is -0.353 e. The Morgan fingerprint density at radius 2 is 1.77 bits per heavy atom. The van der Waals surface area contributed by atoms with Crippen LogP contribution in [-0.4, -0.2) is 69.9 Å². The Morgan fingerprint density at radius 3 is 2.39 bits per heavy atom. The molecular formula is C23H34N6OS. The van der Waals surface area contributed by atoms with Crippen LogP contribution in [0.25, 0.3) is 0 Å². The molecule has 0 atom stereocenters. The summed E-state index contributed by atoms with van der Waals surface area (Å²) in [4.78, 5) is 33.8. The third-order valence-corrected chi connectivity index (χ3v) is 7.10. The van der Waals surface area contributed by atoms with E-state index in [1.54, 1.807) is 11.3 Å². The van der Waals surface area contributed by atoms with Crippen LogP contribution < -0.4 is 4.90 Å². The largest absolute Gasteiger partial charge is 0.353 e. The van der Waals surface area contributed by atoms with Crippen LogP contribution in [0.4, 0.5) is 5.82 Å². The summed E-state index contributed by atoms with van der Waals surface area (Å²) in [5.41, 5.74) is 2.16. The number of aromatic nitrogens is 3. The molecule has 4 rings (SSSR count). The molecule has 31 heavy (non-hydrogen) atoms. The van der Waals surface area contributed by atoms with E-state index in [4.69, 9.17) is 4.98 Å². The van der Waals surface area contributed by atoms with Gasteiger partial charge in [-0.15, -0.1) is 11.3 Å². The number of hydrogen-bond donors (Lipinski definition) is 0. The number of piperazine rings is 1. The van der Waals surface area contributed by atoms with Crippen LogP contribution in [0.5, 0.6) is 0 Å². The van der Waals surface area contributed by atoms with E-state index in [-0.39, 0.29) is 5.92 Å². The molecule has 1 amide bonds. The van der Waals surface area contributed by atoms with Crippen LogP contribution in [0.3, 0.4) is 0 Å². The average Bonchev–Trinajstić information content (AvgIpc) is 3.18. The summed E-state index contributed by atoms with van der Waals surface area (Å²) in [6.45, 7) is 14.4. The molecule has 168 valence electrons. The van der Waals surface area contributed by atoms with Gasteiger partial charge < -0.3 is 9.80 Å². The molecule has 2 saturated heterocycles. The molecular weight excluding hydrogens is 408 g/mol. The number of rotatable bonds is 5. The van der Waals surface area contributed by atoms with Gasteiger partial charge >= 0.3 is 0 Å². The van der Waals surface area contributed by atoms with Gasteiger partial charge in [0.15, 0.2) is 0 Å². The minimum atomic E-state index is 0.161. The van der Waals surface area contributed by atoms with Crippen molar-refractivity contribution in [1.82, 2.24) is 24.8 Å². The van der Waals surface area contributed by atoms with Crippen LogP contribution in [0, 0.1) is 19.8 Å². The third-order valence-electron chi connectivity index (χ3n) is 6.28. The van der Waals surface area contributed by atoms with E-state index in [9.17, 15) is 4.79 Å². The van der Waals surface area contributed by atoms with Crippen molar-refractivity contribution in [2.24, 2.45) is 5.92 Å². The molecule has 7 nitrogen and oxygen atoms in total. The zero-order valence-corrected chi connectivity index (χ0v) is 20.0. The first kappa shape index (κ1) is 22.1. The normalized spacial score (nSPS) is 18.7. The van der Waals surface area contributed by atoms with E-state index in [1.807, 2.05) is 13.8 Å². The van der Waals surface area contributed by atoms with Gasteiger partial charge in [0.2, 0.25) is 5.91 Å². The number of thiazole rings is 1. The number of amides is 1. The summed E-state index contributed by atoms with van der Waals surface area (Å²) in [7, 11) is 0. The molecule has 2 aliphatic rings. The SMILES string of the molecule is Cc1cc(N2CCN(C(=O)C3CCN(Cc4csc(C)n4)CC3)CC2)nc(C(C)C)n1. The maximum absolute atomic E-state index is 13.1. The highest BCUT2D eigenvalue weighted by Gasteiger charge is 2.31. The Bertz CT molecular complexity index is 897. The molecule has 2 aromatic rings. The topological polar surface area (TPSA) is 65.5 Å². The van der Waals surface area contributed by atoms with E-state index < -0.39 is 0 Å². The van der Waals surface area contributed by atoms with E-state index in [0.29, 0.717) is 11.8 Å². The number of carbonyl (C=O) groups is 1. The number of hydrogen-bond acceptors (Lipinski definition) is 7. The smallest absolute Gasteiger partial charge is 0.225 e. The van der Waals surface area contributed by atoms with E-state index in [2.05, 4.69) is 50.0 Å². The number of carbonyl (C=O) groups excluding carboxylic acids is 1. The molecule has 0 spiro atoms. The Labute approximate surface area is 189 Å². The van der Waals surface area contributed by atoms with Crippen molar-refractivity contribution in [3.63, 3.8) is 0 Å². The molecule has 0 radical (unpaired) electrons.